The summed E-state index contributed by atoms with van der Waals surface area (Å²) in [5, 5.41) is 0. The first kappa shape index (κ1) is 10.6. The van der Waals surface area contributed by atoms with Crippen molar-refractivity contribution in [2.45, 2.75) is 6.92 Å². The third-order valence-corrected chi connectivity index (χ3v) is 1.02. The fourth-order valence-corrected chi connectivity index (χ4v) is 0.437. The highest BCUT2D eigenvalue weighted by molar-refractivity contribution is 6.08. The van der Waals surface area contributed by atoms with E-state index in [2.05, 4.69) is 11.3 Å². The Balaban J connectivity index is 0.000000261. The van der Waals surface area contributed by atoms with Crippen LogP contribution >= 0.6 is 0 Å². The molecular weight excluding hydrogens is 158 g/mol. The van der Waals surface area contributed by atoms with Crippen LogP contribution in [0.1, 0.15) is 6.92 Å². The van der Waals surface area contributed by atoms with Gasteiger partial charge in [0.15, 0.2) is 0 Å². The summed E-state index contributed by atoms with van der Waals surface area (Å²) in [6.45, 7) is 5.47. The molecule has 0 aromatic heterocycles. The summed E-state index contributed by atoms with van der Waals surface area (Å²) in [7, 11) is 0. The molecule has 1 rings (SSSR count). The number of cyclic esters (lactones) is 2. The number of hydrogen-bond acceptors (Lipinski definition) is 4. The van der Waals surface area contributed by atoms with Crippen molar-refractivity contribution in [3.05, 3.63) is 24.3 Å². The van der Waals surface area contributed by atoms with E-state index >= 15 is 0 Å². The first-order valence-electron chi connectivity index (χ1n) is 3.37. The molecule has 66 valence electrons. The largest absolute Gasteiger partial charge is 0.386 e. The molecule has 1 aliphatic heterocycles. The van der Waals surface area contributed by atoms with Crippen molar-refractivity contribution in [1.29, 1.82) is 0 Å². The molecule has 0 aliphatic carbocycles. The van der Waals surface area contributed by atoms with Crippen LogP contribution in [0.15, 0.2) is 24.3 Å². The molecule has 0 amide bonds. The molecule has 0 bridgehead atoms. The molecule has 0 spiro atoms. The topological polar surface area (TPSA) is 69.4 Å². The number of ether oxygens (including phenoxy) is 1. The van der Waals surface area contributed by atoms with E-state index in [0.717, 1.165) is 0 Å². The van der Waals surface area contributed by atoms with Crippen LogP contribution in [0.5, 0.6) is 0 Å². The molecule has 0 atom stereocenters. The van der Waals surface area contributed by atoms with E-state index < -0.39 is 11.9 Å². The second kappa shape index (κ2) is 5.26. The Morgan fingerprint density at radius 2 is 2.17 bits per heavy atom. The quantitative estimate of drug-likeness (QED) is 0.344. The average molecular weight is 169 g/mol. The normalized spacial score (nSPS) is 14.3. The zero-order valence-corrected chi connectivity index (χ0v) is 6.87. The lowest BCUT2D eigenvalue weighted by atomic mass is 10.3. The average Bonchev–Trinajstić information content (AvgIpc) is 2.30. The van der Waals surface area contributed by atoms with Gasteiger partial charge in [-0.3, -0.25) is 0 Å². The first-order valence-corrected chi connectivity index (χ1v) is 3.37. The van der Waals surface area contributed by atoms with Crippen molar-refractivity contribution in [2.24, 2.45) is 5.73 Å². The summed E-state index contributed by atoms with van der Waals surface area (Å²) in [6.07, 6.45) is 2.82. The van der Waals surface area contributed by atoms with Crippen molar-refractivity contribution in [2.75, 3.05) is 6.54 Å². The number of esters is 2. The van der Waals surface area contributed by atoms with Crippen LogP contribution in [-0.2, 0) is 14.3 Å². The lowest BCUT2D eigenvalue weighted by Gasteiger charge is -1.83. The van der Waals surface area contributed by atoms with Gasteiger partial charge in [0, 0.05) is 18.2 Å². The summed E-state index contributed by atoms with van der Waals surface area (Å²) in [5.41, 5.74) is 5.28. The molecule has 0 aromatic rings. The lowest BCUT2D eigenvalue weighted by Crippen LogP contribution is -1.99. The Kier molecular flexibility index (Phi) is 4.64. The molecule has 0 saturated carbocycles. The van der Waals surface area contributed by atoms with E-state index in [1.807, 2.05) is 0 Å². The van der Waals surface area contributed by atoms with Crippen LogP contribution in [0.3, 0.4) is 0 Å². The Morgan fingerprint density at radius 1 is 1.67 bits per heavy atom. The molecule has 0 fully saturated rings. The molecule has 1 aliphatic rings. The van der Waals surface area contributed by atoms with Crippen LogP contribution in [0.2, 0.25) is 0 Å². The van der Waals surface area contributed by atoms with E-state index in [-0.39, 0.29) is 0 Å². The summed E-state index contributed by atoms with van der Waals surface area (Å²) >= 11 is 0. The molecule has 0 unspecified atom stereocenters. The molecule has 12 heavy (non-hydrogen) atoms. The summed E-state index contributed by atoms with van der Waals surface area (Å²) in [6, 6.07) is 0. The Morgan fingerprint density at radius 3 is 2.25 bits per heavy atom. The van der Waals surface area contributed by atoms with Crippen LogP contribution in [0.25, 0.3) is 0 Å². The highest BCUT2D eigenvalue weighted by atomic mass is 16.6. The minimum Gasteiger partial charge on any atom is -0.386 e. The van der Waals surface area contributed by atoms with Gasteiger partial charge in [0.05, 0.1) is 0 Å². The van der Waals surface area contributed by atoms with Gasteiger partial charge in [0.1, 0.15) is 0 Å². The molecular formula is C8H11NO3. The van der Waals surface area contributed by atoms with E-state index in [0.29, 0.717) is 12.1 Å². The third-order valence-electron chi connectivity index (χ3n) is 1.02. The van der Waals surface area contributed by atoms with Gasteiger partial charge in [-0.05, 0) is 6.92 Å². The van der Waals surface area contributed by atoms with Gasteiger partial charge in [-0.15, -0.1) is 6.58 Å². The van der Waals surface area contributed by atoms with E-state index in [4.69, 9.17) is 5.73 Å². The van der Waals surface area contributed by atoms with Crippen molar-refractivity contribution >= 4 is 11.9 Å². The predicted molar refractivity (Wildman–Crippen MR) is 44.1 cm³/mol. The van der Waals surface area contributed by atoms with Crippen LogP contribution in [-0.4, -0.2) is 18.5 Å². The van der Waals surface area contributed by atoms with Crippen LogP contribution < -0.4 is 5.73 Å². The minimum absolute atomic E-state index is 0.370. The smallest absolute Gasteiger partial charge is 0.341 e. The van der Waals surface area contributed by atoms with E-state index in [1.165, 1.54) is 13.0 Å². The SMILES string of the molecule is C=CCN.CC1=CC(=O)OC1=O. The fourth-order valence-electron chi connectivity index (χ4n) is 0.437. The summed E-state index contributed by atoms with van der Waals surface area (Å²) in [5.74, 6) is -1.09. The minimum atomic E-state index is -0.562. The van der Waals surface area contributed by atoms with Crippen molar-refractivity contribution < 1.29 is 14.3 Å². The predicted octanol–water partition coefficient (Wildman–Crippen LogP) is 0.147. The van der Waals surface area contributed by atoms with Gasteiger partial charge < -0.3 is 10.5 Å². The number of carbonyl (C=O) groups is 2. The standard InChI is InChI=1S/C5H4O3.C3H7N/c1-3-2-4(6)8-5(3)7;1-2-3-4/h2H,1H3;2H,1,3-4H2. The first-order chi connectivity index (χ1) is 5.61. The Hall–Kier alpha value is -1.42. The summed E-state index contributed by atoms with van der Waals surface area (Å²) < 4.78 is 4.10. The second-order valence-electron chi connectivity index (χ2n) is 2.06. The third kappa shape index (κ3) is 3.68. The van der Waals surface area contributed by atoms with Gasteiger partial charge in [-0.2, -0.15) is 0 Å². The number of rotatable bonds is 1. The molecule has 0 radical (unpaired) electrons. The Labute approximate surface area is 70.7 Å². The molecule has 1 heterocycles. The number of hydrogen-bond donors (Lipinski definition) is 1. The maximum Gasteiger partial charge on any atom is 0.341 e. The monoisotopic (exact) mass is 169 g/mol. The maximum absolute atomic E-state index is 10.3. The summed E-state index contributed by atoms with van der Waals surface area (Å²) in [4.78, 5) is 20.4. The van der Waals surface area contributed by atoms with Crippen molar-refractivity contribution in [3.63, 3.8) is 0 Å². The van der Waals surface area contributed by atoms with Gasteiger partial charge in [-0.1, -0.05) is 6.08 Å². The number of carbonyl (C=O) groups excluding carboxylic acids is 2. The molecule has 0 aromatic carbocycles. The Bertz CT molecular complexity index is 230. The van der Waals surface area contributed by atoms with Gasteiger partial charge in [-0.25, -0.2) is 9.59 Å². The van der Waals surface area contributed by atoms with Crippen LogP contribution in [0.4, 0.5) is 0 Å². The number of nitrogens with two attached hydrogens (primary N) is 1. The van der Waals surface area contributed by atoms with Gasteiger partial charge >= 0.3 is 11.9 Å². The molecule has 4 heteroatoms. The van der Waals surface area contributed by atoms with Gasteiger partial charge in [0.25, 0.3) is 0 Å². The zero-order chi connectivity index (χ0) is 9.56. The van der Waals surface area contributed by atoms with E-state index in [9.17, 15) is 9.59 Å². The molecule has 2 N–H and O–H groups in total. The maximum atomic E-state index is 10.3. The molecule has 0 saturated heterocycles. The lowest BCUT2D eigenvalue weighted by molar-refractivity contribution is -0.150. The van der Waals surface area contributed by atoms with Crippen LogP contribution in [0, 0.1) is 0 Å². The van der Waals surface area contributed by atoms with Crippen molar-refractivity contribution in [1.82, 2.24) is 0 Å². The highest BCUT2D eigenvalue weighted by Gasteiger charge is 2.18. The highest BCUT2D eigenvalue weighted by Crippen LogP contribution is 2.04. The van der Waals surface area contributed by atoms with Gasteiger partial charge in [0.2, 0.25) is 0 Å². The molecule has 4 nitrogen and oxygen atoms in total. The zero-order valence-electron chi connectivity index (χ0n) is 6.87. The van der Waals surface area contributed by atoms with E-state index in [1.54, 1.807) is 6.08 Å². The second-order valence-corrected chi connectivity index (χ2v) is 2.06. The fraction of sp³-hybridized carbons (Fsp3) is 0.250. The van der Waals surface area contributed by atoms with Crippen molar-refractivity contribution in [3.8, 4) is 0 Å².